The van der Waals surface area contributed by atoms with E-state index in [0.29, 0.717) is 24.6 Å². The molecule has 26 heavy (non-hydrogen) atoms. The molecular weight excluding hydrogens is 354 g/mol. The zero-order valence-corrected chi connectivity index (χ0v) is 17.1. The lowest BCUT2D eigenvalue weighted by Gasteiger charge is -2.29. The van der Waals surface area contributed by atoms with Gasteiger partial charge >= 0.3 is 5.97 Å². The molecule has 0 saturated carbocycles. The summed E-state index contributed by atoms with van der Waals surface area (Å²) in [4.78, 5) is 24.3. The van der Waals surface area contributed by atoms with E-state index in [2.05, 4.69) is 31.8 Å². The van der Waals surface area contributed by atoms with Crippen LogP contribution in [0.5, 0.6) is 0 Å². The maximum Gasteiger partial charge on any atom is 0.354 e. The third-order valence-corrected chi connectivity index (χ3v) is 5.42. The van der Waals surface area contributed by atoms with Gasteiger partial charge in [-0.25, -0.2) is 4.79 Å². The summed E-state index contributed by atoms with van der Waals surface area (Å²) in [5.74, 6) is 0.135. The molecule has 0 aromatic rings. The van der Waals surface area contributed by atoms with Crippen LogP contribution in [0.15, 0.2) is 0 Å². The highest BCUT2D eigenvalue weighted by atomic mass is 32.1. The summed E-state index contributed by atoms with van der Waals surface area (Å²) >= 11 is 4.18. The van der Waals surface area contributed by atoms with Crippen LogP contribution < -0.4 is 16.8 Å². The monoisotopic (exact) mass is 389 g/mol. The lowest BCUT2D eigenvalue weighted by atomic mass is 9.99. The number of nitrogens with one attached hydrogen (secondary N) is 1. The zero-order chi connectivity index (χ0) is 19.7. The standard InChI is InChI=1S/C18H35N3O4S/c1-4-6-7-15(22)16-8-18(20,17(23)25-16)24-10-14(12(3)5-2)21-9-13(19)11-26/h12-14,16,21,26H,4-11,19-20H2,1-3H3/t12-,13?,14?,16?,18+/m0/s1. The Labute approximate surface area is 162 Å². The molecule has 0 spiro atoms. The van der Waals surface area contributed by atoms with E-state index in [1.165, 1.54) is 0 Å². The number of esters is 1. The molecule has 152 valence electrons. The number of unbranched alkanes of at least 4 members (excludes halogenated alkanes) is 1. The first-order chi connectivity index (χ1) is 12.3. The Bertz CT molecular complexity index is 466. The summed E-state index contributed by atoms with van der Waals surface area (Å²) in [6.07, 6.45) is 2.29. The molecule has 8 heteroatoms. The predicted octanol–water partition coefficient (Wildman–Crippen LogP) is 0.994. The van der Waals surface area contributed by atoms with Gasteiger partial charge in [-0.3, -0.25) is 10.5 Å². The lowest BCUT2D eigenvalue weighted by Crippen LogP contribution is -2.52. The Balaban J connectivity index is 2.62. The molecule has 1 fully saturated rings. The first-order valence-corrected chi connectivity index (χ1v) is 10.2. The van der Waals surface area contributed by atoms with Gasteiger partial charge in [-0.1, -0.05) is 33.6 Å². The van der Waals surface area contributed by atoms with Crippen LogP contribution in [0.1, 0.15) is 52.9 Å². The van der Waals surface area contributed by atoms with E-state index in [1.807, 2.05) is 6.92 Å². The molecule has 0 amide bonds. The minimum absolute atomic E-state index is 0.00555. The number of ketones is 1. The highest BCUT2D eigenvalue weighted by molar-refractivity contribution is 7.80. The molecule has 0 aliphatic carbocycles. The number of carbonyl (C=O) groups is 2. The molecule has 5 N–H and O–H groups in total. The third kappa shape index (κ3) is 6.81. The van der Waals surface area contributed by atoms with Crippen LogP contribution in [0.2, 0.25) is 0 Å². The summed E-state index contributed by atoms with van der Waals surface area (Å²) in [5, 5.41) is 3.37. The molecule has 5 atom stereocenters. The fourth-order valence-electron chi connectivity index (χ4n) is 2.75. The molecule has 1 heterocycles. The number of thiol groups is 1. The van der Waals surface area contributed by atoms with Gasteiger partial charge in [0.1, 0.15) is 0 Å². The number of Topliss-reactive ketones (excluding diaryl/α,β-unsaturated/α-hetero) is 1. The van der Waals surface area contributed by atoms with E-state index in [9.17, 15) is 9.59 Å². The number of ether oxygens (including phenoxy) is 2. The smallest absolute Gasteiger partial charge is 0.354 e. The topological polar surface area (TPSA) is 117 Å². The number of carbonyl (C=O) groups excluding carboxylic acids is 2. The first kappa shape index (κ1) is 23.4. The molecular formula is C18H35N3O4S. The average molecular weight is 390 g/mol. The lowest BCUT2D eigenvalue weighted by molar-refractivity contribution is -0.162. The second-order valence-corrected chi connectivity index (χ2v) is 7.58. The van der Waals surface area contributed by atoms with Crippen LogP contribution in [-0.4, -0.2) is 54.6 Å². The Morgan fingerprint density at radius 2 is 2.19 bits per heavy atom. The summed E-state index contributed by atoms with van der Waals surface area (Å²) < 4.78 is 10.9. The molecule has 7 nitrogen and oxygen atoms in total. The zero-order valence-electron chi connectivity index (χ0n) is 16.2. The summed E-state index contributed by atoms with van der Waals surface area (Å²) in [5.41, 5.74) is 10.5. The van der Waals surface area contributed by atoms with Gasteiger partial charge in [0, 0.05) is 37.2 Å². The summed E-state index contributed by atoms with van der Waals surface area (Å²) in [6, 6.07) is -0.0669. The SMILES string of the molecule is CCCCC(=O)C1C[C@@](N)(OCC(NCC(N)CS)[C@@H](C)CC)C(=O)O1. The van der Waals surface area contributed by atoms with Crippen molar-refractivity contribution in [2.45, 2.75) is 76.8 Å². The Kier molecular flexibility index (Phi) is 10.1. The van der Waals surface area contributed by atoms with E-state index < -0.39 is 17.8 Å². The van der Waals surface area contributed by atoms with Crippen LogP contribution in [0.25, 0.3) is 0 Å². The van der Waals surface area contributed by atoms with Crippen LogP contribution in [0.3, 0.4) is 0 Å². The van der Waals surface area contributed by atoms with E-state index >= 15 is 0 Å². The average Bonchev–Trinajstić information content (AvgIpc) is 2.94. The minimum Gasteiger partial charge on any atom is -0.451 e. The summed E-state index contributed by atoms with van der Waals surface area (Å²) in [7, 11) is 0. The van der Waals surface area contributed by atoms with Crippen molar-refractivity contribution in [2.75, 3.05) is 18.9 Å². The second kappa shape index (κ2) is 11.2. The van der Waals surface area contributed by atoms with Crippen molar-refractivity contribution in [2.24, 2.45) is 17.4 Å². The van der Waals surface area contributed by atoms with Crippen molar-refractivity contribution in [1.82, 2.24) is 5.32 Å². The quantitative estimate of drug-likeness (QED) is 0.211. The van der Waals surface area contributed by atoms with Crippen LogP contribution >= 0.6 is 12.6 Å². The molecule has 3 unspecified atom stereocenters. The number of cyclic esters (lactones) is 1. The van der Waals surface area contributed by atoms with Crippen LogP contribution in [-0.2, 0) is 19.1 Å². The fraction of sp³-hybridized carbons (Fsp3) is 0.889. The molecule has 0 radical (unpaired) electrons. The number of rotatable bonds is 13. The number of hydrogen-bond donors (Lipinski definition) is 4. The second-order valence-electron chi connectivity index (χ2n) is 7.21. The van der Waals surface area contributed by atoms with Gasteiger partial charge in [0.05, 0.1) is 6.61 Å². The van der Waals surface area contributed by atoms with Gasteiger partial charge in [0.25, 0.3) is 0 Å². The molecule has 0 aromatic carbocycles. The molecule has 1 saturated heterocycles. The van der Waals surface area contributed by atoms with Crippen molar-refractivity contribution in [3.8, 4) is 0 Å². The maximum atomic E-state index is 12.2. The van der Waals surface area contributed by atoms with Crippen molar-refractivity contribution in [3.63, 3.8) is 0 Å². The van der Waals surface area contributed by atoms with Crippen LogP contribution in [0, 0.1) is 5.92 Å². The van der Waals surface area contributed by atoms with Crippen LogP contribution in [0.4, 0.5) is 0 Å². The molecule has 0 bridgehead atoms. The minimum atomic E-state index is -1.56. The third-order valence-electron chi connectivity index (χ3n) is 4.95. The van der Waals surface area contributed by atoms with Gasteiger partial charge in [0.15, 0.2) is 11.9 Å². The van der Waals surface area contributed by atoms with E-state index in [1.54, 1.807) is 0 Å². The van der Waals surface area contributed by atoms with Crippen molar-refractivity contribution < 1.29 is 19.1 Å². The highest BCUT2D eigenvalue weighted by Crippen LogP contribution is 2.27. The number of hydrogen-bond acceptors (Lipinski definition) is 8. The first-order valence-electron chi connectivity index (χ1n) is 9.53. The normalized spacial score (nSPS) is 26.4. The van der Waals surface area contributed by atoms with Gasteiger partial charge < -0.3 is 20.5 Å². The van der Waals surface area contributed by atoms with E-state index in [-0.39, 0.29) is 30.9 Å². The van der Waals surface area contributed by atoms with Crippen molar-refractivity contribution in [3.05, 3.63) is 0 Å². The van der Waals surface area contributed by atoms with Gasteiger partial charge in [0.2, 0.25) is 5.72 Å². The van der Waals surface area contributed by atoms with Gasteiger partial charge in [-0.2, -0.15) is 12.6 Å². The molecule has 1 aliphatic heterocycles. The van der Waals surface area contributed by atoms with Gasteiger partial charge in [-0.15, -0.1) is 0 Å². The summed E-state index contributed by atoms with van der Waals surface area (Å²) in [6.45, 7) is 7.03. The Morgan fingerprint density at radius 3 is 2.77 bits per heavy atom. The Hall–Kier alpha value is -0.670. The molecule has 1 aliphatic rings. The molecule has 0 aromatic heterocycles. The highest BCUT2D eigenvalue weighted by Gasteiger charge is 2.50. The molecule has 1 rings (SSSR count). The fourth-order valence-corrected chi connectivity index (χ4v) is 2.88. The maximum absolute atomic E-state index is 12.2. The number of nitrogens with two attached hydrogens (primary N) is 2. The van der Waals surface area contributed by atoms with Gasteiger partial charge in [-0.05, 0) is 12.3 Å². The van der Waals surface area contributed by atoms with E-state index in [4.69, 9.17) is 20.9 Å². The van der Waals surface area contributed by atoms with Crippen molar-refractivity contribution >= 4 is 24.4 Å². The Morgan fingerprint density at radius 1 is 1.50 bits per heavy atom. The van der Waals surface area contributed by atoms with Crippen molar-refractivity contribution in [1.29, 1.82) is 0 Å². The van der Waals surface area contributed by atoms with E-state index in [0.717, 1.165) is 19.3 Å². The largest absolute Gasteiger partial charge is 0.451 e. The predicted molar refractivity (Wildman–Crippen MR) is 105 cm³/mol.